The van der Waals surface area contributed by atoms with Gasteiger partial charge in [-0.25, -0.2) is 0 Å². The van der Waals surface area contributed by atoms with Crippen LogP contribution in [0.2, 0.25) is 0 Å². The summed E-state index contributed by atoms with van der Waals surface area (Å²) in [5.74, 6) is 0. The Labute approximate surface area is 91.9 Å². The Hall–Kier alpha value is -0.930. The molecule has 0 aliphatic rings. The molecule has 1 aromatic heterocycles. The van der Waals surface area contributed by atoms with Crippen molar-refractivity contribution < 1.29 is 4.74 Å². The topological polar surface area (TPSA) is 34.1 Å². The van der Waals surface area contributed by atoms with E-state index in [4.69, 9.17) is 4.74 Å². The van der Waals surface area contributed by atoms with E-state index in [9.17, 15) is 0 Å². The van der Waals surface area contributed by atoms with E-state index in [1.807, 2.05) is 12.3 Å². The number of nitrogens with zero attached hydrogens (tertiary/aromatic N) is 1. The van der Waals surface area contributed by atoms with Crippen LogP contribution < -0.4 is 5.32 Å². The molecule has 1 rings (SSSR count). The van der Waals surface area contributed by atoms with Crippen molar-refractivity contribution in [2.24, 2.45) is 0 Å². The predicted octanol–water partition coefficient (Wildman–Crippen LogP) is 2.08. The minimum atomic E-state index is 0.204. The van der Waals surface area contributed by atoms with Gasteiger partial charge in [0.25, 0.3) is 0 Å². The van der Waals surface area contributed by atoms with Crippen LogP contribution in [0.25, 0.3) is 0 Å². The summed E-state index contributed by atoms with van der Waals surface area (Å²) in [6, 6.07) is 4.31. The maximum Gasteiger partial charge on any atom is 0.0732 e. The molecule has 0 aromatic carbocycles. The van der Waals surface area contributed by atoms with Crippen LogP contribution in [0.1, 0.15) is 30.6 Å². The van der Waals surface area contributed by atoms with Crippen molar-refractivity contribution in [3.8, 4) is 0 Å². The molecule has 0 aliphatic carbocycles. The van der Waals surface area contributed by atoms with Crippen molar-refractivity contribution in [2.45, 2.75) is 26.3 Å². The molecule has 1 unspecified atom stereocenters. The number of pyridine rings is 1. The van der Waals surface area contributed by atoms with E-state index in [0.717, 1.165) is 18.7 Å². The van der Waals surface area contributed by atoms with Gasteiger partial charge in [-0.15, -0.1) is 0 Å². The monoisotopic (exact) mass is 208 g/mol. The van der Waals surface area contributed by atoms with Crippen LogP contribution >= 0.6 is 0 Å². The fourth-order valence-electron chi connectivity index (χ4n) is 1.48. The van der Waals surface area contributed by atoms with Crippen LogP contribution in [-0.4, -0.2) is 25.2 Å². The van der Waals surface area contributed by atoms with Crippen molar-refractivity contribution in [3.05, 3.63) is 29.6 Å². The zero-order valence-corrected chi connectivity index (χ0v) is 9.79. The third-order valence-electron chi connectivity index (χ3n) is 2.27. The molecule has 0 radical (unpaired) electrons. The van der Waals surface area contributed by atoms with Crippen LogP contribution in [0, 0.1) is 6.92 Å². The van der Waals surface area contributed by atoms with E-state index >= 15 is 0 Å². The van der Waals surface area contributed by atoms with Crippen LogP contribution in [0.4, 0.5) is 0 Å². The minimum Gasteiger partial charge on any atom is -0.383 e. The molecule has 3 nitrogen and oxygen atoms in total. The Morgan fingerprint density at radius 3 is 2.93 bits per heavy atom. The molecule has 0 aliphatic heterocycles. The summed E-state index contributed by atoms with van der Waals surface area (Å²) in [6.07, 6.45) is 2.97. The second kappa shape index (κ2) is 6.53. The van der Waals surface area contributed by atoms with Gasteiger partial charge < -0.3 is 10.1 Å². The molecule has 1 heterocycles. The van der Waals surface area contributed by atoms with Gasteiger partial charge in [0.1, 0.15) is 0 Å². The second-order valence-electron chi connectivity index (χ2n) is 3.72. The summed E-state index contributed by atoms with van der Waals surface area (Å²) >= 11 is 0. The number of rotatable bonds is 6. The summed E-state index contributed by atoms with van der Waals surface area (Å²) in [5.41, 5.74) is 2.30. The highest BCUT2D eigenvalue weighted by Gasteiger charge is 2.11. The van der Waals surface area contributed by atoms with Crippen molar-refractivity contribution in [3.63, 3.8) is 0 Å². The number of aryl methyl sites for hydroxylation is 1. The van der Waals surface area contributed by atoms with Gasteiger partial charge in [-0.05, 0) is 37.6 Å². The largest absolute Gasteiger partial charge is 0.383 e. The van der Waals surface area contributed by atoms with Crippen molar-refractivity contribution in [1.82, 2.24) is 10.3 Å². The van der Waals surface area contributed by atoms with Crippen molar-refractivity contribution >= 4 is 0 Å². The first-order valence-corrected chi connectivity index (χ1v) is 5.42. The number of nitrogens with one attached hydrogen (secondary N) is 1. The van der Waals surface area contributed by atoms with E-state index in [0.29, 0.717) is 6.61 Å². The summed E-state index contributed by atoms with van der Waals surface area (Å²) in [7, 11) is 1.72. The van der Waals surface area contributed by atoms with Gasteiger partial charge in [0.2, 0.25) is 0 Å². The van der Waals surface area contributed by atoms with E-state index in [-0.39, 0.29) is 6.04 Å². The normalized spacial score (nSPS) is 12.7. The lowest BCUT2D eigenvalue weighted by atomic mass is 10.1. The standard InChI is InChI=1S/C12H20N2O/c1-4-6-13-12(9-15-3)11-8-10(2)5-7-14-11/h5,7-8,12-13H,4,6,9H2,1-3H3. The fraction of sp³-hybridized carbons (Fsp3) is 0.583. The number of methoxy groups -OCH3 is 1. The van der Waals surface area contributed by atoms with Gasteiger partial charge in [-0.3, -0.25) is 4.98 Å². The zero-order valence-electron chi connectivity index (χ0n) is 9.79. The minimum absolute atomic E-state index is 0.204. The molecule has 0 amide bonds. The first kappa shape index (κ1) is 12.1. The van der Waals surface area contributed by atoms with Crippen LogP contribution in [-0.2, 0) is 4.74 Å². The van der Waals surface area contributed by atoms with Crippen molar-refractivity contribution in [2.75, 3.05) is 20.3 Å². The van der Waals surface area contributed by atoms with E-state index < -0.39 is 0 Å². The average Bonchev–Trinajstić information content (AvgIpc) is 2.24. The fourth-order valence-corrected chi connectivity index (χ4v) is 1.48. The Kier molecular flexibility index (Phi) is 5.29. The summed E-state index contributed by atoms with van der Waals surface area (Å²) < 4.78 is 5.19. The molecule has 15 heavy (non-hydrogen) atoms. The van der Waals surface area contributed by atoms with E-state index in [1.54, 1.807) is 7.11 Å². The lowest BCUT2D eigenvalue weighted by Crippen LogP contribution is -2.26. The lowest BCUT2D eigenvalue weighted by Gasteiger charge is -2.17. The van der Waals surface area contributed by atoms with Gasteiger partial charge in [-0.2, -0.15) is 0 Å². The van der Waals surface area contributed by atoms with Gasteiger partial charge in [0, 0.05) is 13.3 Å². The molecule has 84 valence electrons. The maximum absolute atomic E-state index is 5.19. The lowest BCUT2D eigenvalue weighted by molar-refractivity contribution is 0.165. The SMILES string of the molecule is CCCNC(COC)c1cc(C)ccn1. The van der Waals surface area contributed by atoms with E-state index in [1.165, 1.54) is 5.56 Å². The molecule has 0 bridgehead atoms. The third-order valence-corrected chi connectivity index (χ3v) is 2.27. The summed E-state index contributed by atoms with van der Waals surface area (Å²) in [6.45, 7) is 5.88. The summed E-state index contributed by atoms with van der Waals surface area (Å²) in [4.78, 5) is 4.37. The molecule has 0 saturated carbocycles. The van der Waals surface area contributed by atoms with Gasteiger partial charge in [0.05, 0.1) is 18.3 Å². The number of aromatic nitrogens is 1. The number of hydrogen-bond donors (Lipinski definition) is 1. The molecule has 0 spiro atoms. The first-order valence-electron chi connectivity index (χ1n) is 5.42. The molecular weight excluding hydrogens is 188 g/mol. The highest BCUT2D eigenvalue weighted by molar-refractivity contribution is 5.17. The van der Waals surface area contributed by atoms with Crippen molar-refractivity contribution in [1.29, 1.82) is 0 Å². The summed E-state index contributed by atoms with van der Waals surface area (Å²) in [5, 5.41) is 3.43. The van der Waals surface area contributed by atoms with Crippen LogP contribution in [0.15, 0.2) is 18.3 Å². The molecular formula is C12H20N2O. The van der Waals surface area contributed by atoms with E-state index in [2.05, 4.69) is 30.2 Å². The number of hydrogen-bond acceptors (Lipinski definition) is 3. The highest BCUT2D eigenvalue weighted by atomic mass is 16.5. The molecule has 0 saturated heterocycles. The second-order valence-corrected chi connectivity index (χ2v) is 3.72. The van der Waals surface area contributed by atoms with Gasteiger partial charge >= 0.3 is 0 Å². The van der Waals surface area contributed by atoms with Gasteiger partial charge in [0.15, 0.2) is 0 Å². The number of ether oxygens (including phenoxy) is 1. The van der Waals surface area contributed by atoms with Crippen LogP contribution in [0.5, 0.6) is 0 Å². The molecule has 1 atom stereocenters. The molecule has 0 fully saturated rings. The Morgan fingerprint density at radius 2 is 2.33 bits per heavy atom. The molecule has 1 aromatic rings. The first-order chi connectivity index (χ1) is 7.27. The smallest absolute Gasteiger partial charge is 0.0732 e. The molecule has 3 heteroatoms. The maximum atomic E-state index is 5.19. The highest BCUT2D eigenvalue weighted by Crippen LogP contribution is 2.11. The quantitative estimate of drug-likeness (QED) is 0.777. The Bertz CT molecular complexity index is 289. The zero-order chi connectivity index (χ0) is 11.1. The average molecular weight is 208 g/mol. The molecule has 1 N–H and O–H groups in total. The van der Waals surface area contributed by atoms with Crippen LogP contribution in [0.3, 0.4) is 0 Å². The third kappa shape index (κ3) is 3.98. The predicted molar refractivity (Wildman–Crippen MR) is 61.9 cm³/mol. The van der Waals surface area contributed by atoms with Gasteiger partial charge in [-0.1, -0.05) is 6.92 Å². The Balaban J connectivity index is 2.69. The Morgan fingerprint density at radius 1 is 1.53 bits per heavy atom.